The van der Waals surface area contributed by atoms with Crippen LogP contribution in [0.3, 0.4) is 0 Å². The Bertz CT molecular complexity index is 1050. The highest BCUT2D eigenvalue weighted by Crippen LogP contribution is 2.26. The molecule has 1 unspecified atom stereocenters. The molecular weight excluding hydrogens is 383 g/mol. The van der Waals surface area contributed by atoms with Gasteiger partial charge in [0.1, 0.15) is 5.82 Å². The molecule has 0 bridgehead atoms. The van der Waals surface area contributed by atoms with Crippen LogP contribution in [0.5, 0.6) is 0 Å². The molecule has 0 radical (unpaired) electrons. The largest absolute Gasteiger partial charge is 0.365 e. The molecule has 0 aliphatic rings. The lowest BCUT2D eigenvalue weighted by Crippen LogP contribution is -2.39. The highest BCUT2D eigenvalue weighted by molar-refractivity contribution is 5.99. The van der Waals surface area contributed by atoms with E-state index >= 15 is 0 Å². The number of fused-ring (bicyclic) bond motifs is 1. The van der Waals surface area contributed by atoms with Crippen LogP contribution in [0.15, 0.2) is 42.6 Å². The Labute approximate surface area is 175 Å². The fraction of sp³-hybridized carbons (Fsp3) is 0.318. The predicted octanol–water partition coefficient (Wildman–Crippen LogP) is 3.79. The van der Waals surface area contributed by atoms with E-state index in [1.807, 2.05) is 37.3 Å². The second-order valence-corrected chi connectivity index (χ2v) is 7.85. The van der Waals surface area contributed by atoms with E-state index in [2.05, 4.69) is 34.4 Å². The summed E-state index contributed by atoms with van der Waals surface area (Å²) in [6.07, 6.45) is 2.46. The number of nitrogens with zero attached hydrogens (tertiary/aromatic N) is 2. The van der Waals surface area contributed by atoms with Crippen LogP contribution in [0.4, 0.5) is 21.7 Å². The van der Waals surface area contributed by atoms with Gasteiger partial charge in [-0.3, -0.25) is 9.78 Å². The van der Waals surface area contributed by atoms with Crippen molar-refractivity contribution in [1.82, 2.24) is 9.97 Å². The molecule has 0 saturated heterocycles. The summed E-state index contributed by atoms with van der Waals surface area (Å²) in [4.78, 5) is 20.5. The third kappa shape index (κ3) is 5.01. The minimum absolute atomic E-state index is 0.0212. The van der Waals surface area contributed by atoms with Crippen LogP contribution < -0.4 is 22.1 Å². The molecule has 158 valence electrons. The number of carbonyl (C=O) groups is 1. The summed E-state index contributed by atoms with van der Waals surface area (Å²) in [6.45, 7) is 6.00. The van der Waals surface area contributed by atoms with Gasteiger partial charge in [-0.15, -0.1) is 0 Å². The molecular formula is C22H27FN6O. The number of nitrogens with two attached hydrogens (primary N) is 2. The quantitative estimate of drug-likeness (QED) is 0.449. The molecule has 0 saturated carbocycles. The Morgan fingerprint density at radius 1 is 1.17 bits per heavy atom. The number of primary amides is 1. The maximum absolute atomic E-state index is 14.7. The number of anilines is 3. The number of hydrogen-bond acceptors (Lipinski definition) is 6. The molecule has 0 aliphatic carbocycles. The third-order valence-corrected chi connectivity index (χ3v) is 4.79. The van der Waals surface area contributed by atoms with Crippen molar-refractivity contribution in [3.8, 4) is 0 Å². The zero-order valence-corrected chi connectivity index (χ0v) is 17.3. The van der Waals surface area contributed by atoms with Gasteiger partial charge in [0.05, 0.1) is 11.1 Å². The van der Waals surface area contributed by atoms with Crippen LogP contribution in [-0.4, -0.2) is 28.0 Å². The second-order valence-electron chi connectivity index (χ2n) is 7.85. The Kier molecular flexibility index (Phi) is 6.47. The molecule has 3 aromatic rings. The molecule has 2 heterocycles. The van der Waals surface area contributed by atoms with Crippen LogP contribution in [0, 0.1) is 11.7 Å². The molecule has 2 atom stereocenters. The van der Waals surface area contributed by atoms with Crippen LogP contribution >= 0.6 is 0 Å². The van der Waals surface area contributed by atoms with Gasteiger partial charge in [0.15, 0.2) is 11.6 Å². The molecule has 0 fully saturated rings. The molecule has 3 rings (SSSR count). The molecule has 1 amide bonds. The molecule has 6 N–H and O–H groups in total. The van der Waals surface area contributed by atoms with E-state index < -0.39 is 11.7 Å². The van der Waals surface area contributed by atoms with Crippen molar-refractivity contribution in [3.05, 3.63) is 54.0 Å². The number of carbonyl (C=O) groups excluding carboxylic acids is 1. The van der Waals surface area contributed by atoms with Crippen molar-refractivity contribution in [2.75, 3.05) is 10.6 Å². The first kappa shape index (κ1) is 21.4. The van der Waals surface area contributed by atoms with Gasteiger partial charge in [0.25, 0.3) is 5.91 Å². The Morgan fingerprint density at radius 3 is 2.60 bits per heavy atom. The summed E-state index contributed by atoms with van der Waals surface area (Å²) in [5.41, 5.74) is 13.0. The number of pyridine rings is 2. The van der Waals surface area contributed by atoms with Gasteiger partial charge in [-0.2, -0.15) is 0 Å². The highest BCUT2D eigenvalue weighted by atomic mass is 19.1. The topological polar surface area (TPSA) is 119 Å². The van der Waals surface area contributed by atoms with Gasteiger partial charge >= 0.3 is 0 Å². The fourth-order valence-electron chi connectivity index (χ4n) is 3.25. The Hall–Kier alpha value is -3.26. The van der Waals surface area contributed by atoms with E-state index in [9.17, 15) is 9.18 Å². The first-order valence-electron chi connectivity index (χ1n) is 9.89. The van der Waals surface area contributed by atoms with Crippen molar-refractivity contribution in [1.29, 1.82) is 0 Å². The summed E-state index contributed by atoms with van der Waals surface area (Å²) in [5.74, 6) is -0.879. The average molecular weight is 410 g/mol. The van der Waals surface area contributed by atoms with Gasteiger partial charge in [-0.05, 0) is 49.6 Å². The summed E-state index contributed by atoms with van der Waals surface area (Å²) < 4.78 is 14.7. The van der Waals surface area contributed by atoms with Crippen molar-refractivity contribution < 1.29 is 9.18 Å². The zero-order valence-electron chi connectivity index (χ0n) is 17.3. The summed E-state index contributed by atoms with van der Waals surface area (Å²) in [5, 5.41) is 7.08. The predicted molar refractivity (Wildman–Crippen MR) is 118 cm³/mol. The van der Waals surface area contributed by atoms with Gasteiger partial charge in [-0.1, -0.05) is 19.9 Å². The van der Waals surface area contributed by atoms with E-state index in [-0.39, 0.29) is 29.3 Å². The number of amides is 1. The summed E-state index contributed by atoms with van der Waals surface area (Å²) in [6, 6.07) is 9.99. The SMILES string of the molecule is CC(C)CC(Nc1nc(Nc2ccc3ncccc3c2)c(C(N)=O)cc1F)[C@H](C)N. The van der Waals surface area contributed by atoms with Crippen LogP contribution in [0.2, 0.25) is 0 Å². The van der Waals surface area contributed by atoms with E-state index in [1.54, 1.807) is 6.20 Å². The van der Waals surface area contributed by atoms with E-state index in [4.69, 9.17) is 11.5 Å². The molecule has 0 spiro atoms. The van der Waals surface area contributed by atoms with Gasteiger partial charge in [0.2, 0.25) is 0 Å². The van der Waals surface area contributed by atoms with Crippen LogP contribution in [0.1, 0.15) is 37.6 Å². The first-order valence-corrected chi connectivity index (χ1v) is 9.89. The molecule has 2 aromatic heterocycles. The minimum atomic E-state index is -0.774. The molecule has 0 aliphatic heterocycles. The minimum Gasteiger partial charge on any atom is -0.365 e. The molecule has 7 nitrogen and oxygen atoms in total. The lowest BCUT2D eigenvalue weighted by Gasteiger charge is -2.25. The fourth-order valence-corrected chi connectivity index (χ4v) is 3.25. The molecule has 8 heteroatoms. The standard InChI is InChI=1S/C22H27FN6O/c1-12(2)9-19(13(3)24)28-22-17(23)11-16(20(25)30)21(29-22)27-15-6-7-18-14(10-15)5-4-8-26-18/h4-8,10-13,19H,9,24H2,1-3H3,(H2,25,30)(H2,27,28,29)/t13-,19?/m0/s1. The first-order chi connectivity index (χ1) is 14.2. The molecule has 1 aromatic carbocycles. The second kappa shape index (κ2) is 9.04. The molecule has 30 heavy (non-hydrogen) atoms. The van der Waals surface area contributed by atoms with Crippen molar-refractivity contribution in [3.63, 3.8) is 0 Å². The normalized spacial score (nSPS) is 13.3. The lowest BCUT2D eigenvalue weighted by atomic mass is 9.99. The summed E-state index contributed by atoms with van der Waals surface area (Å²) >= 11 is 0. The highest BCUT2D eigenvalue weighted by Gasteiger charge is 2.21. The Balaban J connectivity index is 1.97. The van der Waals surface area contributed by atoms with Crippen molar-refractivity contribution >= 4 is 34.1 Å². The van der Waals surface area contributed by atoms with E-state index in [0.29, 0.717) is 11.6 Å². The average Bonchev–Trinajstić information content (AvgIpc) is 2.69. The number of halogens is 1. The maximum Gasteiger partial charge on any atom is 0.252 e. The van der Waals surface area contributed by atoms with Crippen LogP contribution in [-0.2, 0) is 0 Å². The van der Waals surface area contributed by atoms with Gasteiger partial charge < -0.3 is 22.1 Å². The lowest BCUT2D eigenvalue weighted by molar-refractivity contribution is 0.100. The number of aromatic nitrogens is 2. The number of benzene rings is 1. The van der Waals surface area contributed by atoms with Crippen LogP contribution in [0.25, 0.3) is 10.9 Å². The smallest absolute Gasteiger partial charge is 0.252 e. The van der Waals surface area contributed by atoms with E-state index in [1.165, 1.54) is 0 Å². The van der Waals surface area contributed by atoms with Crippen molar-refractivity contribution in [2.24, 2.45) is 17.4 Å². The zero-order chi connectivity index (χ0) is 21.8. The summed E-state index contributed by atoms with van der Waals surface area (Å²) in [7, 11) is 0. The van der Waals surface area contributed by atoms with Gasteiger partial charge in [0, 0.05) is 29.4 Å². The number of hydrogen-bond donors (Lipinski definition) is 4. The third-order valence-electron chi connectivity index (χ3n) is 4.79. The maximum atomic E-state index is 14.7. The monoisotopic (exact) mass is 410 g/mol. The Morgan fingerprint density at radius 2 is 1.93 bits per heavy atom. The van der Waals surface area contributed by atoms with Gasteiger partial charge in [-0.25, -0.2) is 9.37 Å². The number of rotatable bonds is 8. The van der Waals surface area contributed by atoms with E-state index in [0.717, 1.165) is 23.4 Å². The number of nitrogens with one attached hydrogen (secondary N) is 2. The van der Waals surface area contributed by atoms with Crippen molar-refractivity contribution in [2.45, 2.75) is 39.3 Å².